The molecule has 19 heavy (non-hydrogen) atoms. The summed E-state index contributed by atoms with van der Waals surface area (Å²) in [7, 11) is 1.68. The first-order chi connectivity index (χ1) is 9.02. The second-order valence-electron chi connectivity index (χ2n) is 3.48. The van der Waals surface area contributed by atoms with Gasteiger partial charge in [-0.1, -0.05) is 24.3 Å². The summed E-state index contributed by atoms with van der Waals surface area (Å²) < 4.78 is 35.4. The lowest BCUT2D eigenvalue weighted by Crippen LogP contribution is -1.82. The van der Waals surface area contributed by atoms with Crippen molar-refractivity contribution >= 4 is 22.6 Å². The molecule has 2 aromatic carbocycles. The molecule has 0 aromatic heterocycles. The van der Waals surface area contributed by atoms with Crippen LogP contribution in [-0.2, 0) is 0 Å². The van der Waals surface area contributed by atoms with E-state index >= 15 is 0 Å². The van der Waals surface area contributed by atoms with Crippen molar-refractivity contribution < 1.29 is 17.9 Å². The minimum atomic E-state index is -3.67. The van der Waals surface area contributed by atoms with Gasteiger partial charge >= 0.3 is 6.68 Å². The summed E-state index contributed by atoms with van der Waals surface area (Å²) in [4.78, 5) is 0. The van der Waals surface area contributed by atoms with Crippen molar-refractivity contribution in [3.63, 3.8) is 0 Å². The largest absolute Gasteiger partial charge is 0.497 e. The fourth-order valence-electron chi connectivity index (χ4n) is 1.43. The van der Waals surface area contributed by atoms with Crippen molar-refractivity contribution in [1.82, 2.24) is 0 Å². The summed E-state index contributed by atoms with van der Waals surface area (Å²) in [6, 6.07) is 16.6. The van der Waals surface area contributed by atoms with Crippen molar-refractivity contribution in [3.8, 4) is 16.9 Å². The van der Waals surface area contributed by atoms with E-state index in [2.05, 4.69) is 59.0 Å². The third-order valence-electron chi connectivity index (χ3n) is 2.27. The molecule has 0 aliphatic carbocycles. The quantitative estimate of drug-likeness (QED) is 0.656. The molecular weight excluding hydrogens is 368 g/mol. The molecule has 0 aliphatic rings. The summed E-state index contributed by atoms with van der Waals surface area (Å²) >= 11 is 2.31. The Bertz CT molecular complexity index is 480. The number of ether oxygens (including phenoxy) is 1. The van der Waals surface area contributed by atoms with Gasteiger partial charge in [-0.2, -0.15) is 13.2 Å². The fraction of sp³-hybridized carbons (Fsp3) is 0.143. The minimum absolute atomic E-state index is 0.893. The average molecular weight is 380 g/mol. The summed E-state index contributed by atoms with van der Waals surface area (Å²) in [5.41, 5.74) is 2.45. The molecule has 1 nitrogen and oxygen atoms in total. The number of alkyl halides is 3. The van der Waals surface area contributed by atoms with Gasteiger partial charge in [0.05, 0.1) is 7.11 Å². The van der Waals surface area contributed by atoms with Crippen molar-refractivity contribution in [2.24, 2.45) is 0 Å². The molecule has 0 aliphatic heterocycles. The highest BCUT2D eigenvalue weighted by molar-refractivity contribution is 14.1. The first-order valence-corrected chi connectivity index (χ1v) is 6.43. The molecule has 0 atom stereocenters. The molecule has 2 aromatic rings. The standard InChI is InChI=1S/C13H11IO.CHF3/c1-15-13-8-4-11(5-9-13)10-2-6-12(14)7-3-10;2-1(3)4/h2-9H,1H3;1H. The van der Waals surface area contributed by atoms with Crippen molar-refractivity contribution in [2.75, 3.05) is 7.11 Å². The van der Waals surface area contributed by atoms with Crippen LogP contribution in [0.25, 0.3) is 11.1 Å². The van der Waals surface area contributed by atoms with Gasteiger partial charge in [0, 0.05) is 3.57 Å². The highest BCUT2D eigenvalue weighted by Gasteiger charge is 1.97. The zero-order valence-electron chi connectivity index (χ0n) is 10.1. The van der Waals surface area contributed by atoms with E-state index in [0.29, 0.717) is 0 Å². The van der Waals surface area contributed by atoms with Gasteiger partial charge in [-0.05, 0) is 58.0 Å². The van der Waals surface area contributed by atoms with Gasteiger partial charge < -0.3 is 4.74 Å². The highest BCUT2D eigenvalue weighted by Crippen LogP contribution is 2.22. The molecular formula is C14H12F3IO. The lowest BCUT2D eigenvalue weighted by Gasteiger charge is -2.03. The molecule has 0 bridgehead atoms. The lowest BCUT2D eigenvalue weighted by atomic mass is 10.1. The molecule has 0 amide bonds. The summed E-state index contributed by atoms with van der Waals surface area (Å²) in [5, 5.41) is 0. The molecule has 102 valence electrons. The Hall–Kier alpha value is -1.24. The van der Waals surface area contributed by atoms with E-state index in [0.717, 1.165) is 5.75 Å². The Kier molecular flexibility index (Phi) is 6.69. The molecule has 0 heterocycles. The molecule has 0 radical (unpaired) electrons. The van der Waals surface area contributed by atoms with Crippen molar-refractivity contribution in [1.29, 1.82) is 0 Å². The Balaban J connectivity index is 0.000000399. The van der Waals surface area contributed by atoms with Crippen LogP contribution in [0.15, 0.2) is 48.5 Å². The van der Waals surface area contributed by atoms with Gasteiger partial charge in [0.1, 0.15) is 5.75 Å². The maximum absolute atomic E-state index is 9.67. The molecule has 5 heteroatoms. The van der Waals surface area contributed by atoms with Crippen molar-refractivity contribution in [3.05, 3.63) is 52.1 Å². The highest BCUT2D eigenvalue weighted by atomic mass is 127. The zero-order chi connectivity index (χ0) is 14.3. The molecule has 0 saturated carbocycles. The van der Waals surface area contributed by atoms with E-state index in [1.54, 1.807) is 7.11 Å². The van der Waals surface area contributed by atoms with Gasteiger partial charge in [0.15, 0.2) is 0 Å². The van der Waals surface area contributed by atoms with E-state index < -0.39 is 6.68 Å². The van der Waals surface area contributed by atoms with Crippen molar-refractivity contribution in [2.45, 2.75) is 6.68 Å². The Morgan fingerprint density at radius 2 is 1.21 bits per heavy atom. The average Bonchev–Trinajstić information content (AvgIpc) is 2.39. The van der Waals surface area contributed by atoms with Crippen LogP contribution in [0.2, 0.25) is 0 Å². The number of hydrogen-bond acceptors (Lipinski definition) is 1. The van der Waals surface area contributed by atoms with E-state index in [9.17, 15) is 13.2 Å². The normalized spacial score (nSPS) is 9.79. The lowest BCUT2D eigenvalue weighted by molar-refractivity contribution is 0.00819. The Morgan fingerprint density at radius 3 is 1.58 bits per heavy atom. The summed E-state index contributed by atoms with van der Waals surface area (Å²) in [6.45, 7) is -3.67. The van der Waals surface area contributed by atoms with Crippen LogP contribution in [0.5, 0.6) is 5.75 Å². The fourth-order valence-corrected chi connectivity index (χ4v) is 1.79. The van der Waals surface area contributed by atoms with Crippen LogP contribution in [0.4, 0.5) is 13.2 Å². The zero-order valence-corrected chi connectivity index (χ0v) is 12.3. The van der Waals surface area contributed by atoms with Crippen LogP contribution < -0.4 is 4.74 Å². The molecule has 0 N–H and O–H groups in total. The van der Waals surface area contributed by atoms with Gasteiger partial charge in [-0.15, -0.1) is 0 Å². The Morgan fingerprint density at radius 1 is 0.842 bits per heavy atom. The number of halogens is 4. The molecule has 0 spiro atoms. The maximum Gasteiger partial charge on any atom is 0.379 e. The van der Waals surface area contributed by atoms with Gasteiger partial charge in [0.2, 0.25) is 0 Å². The molecule has 2 rings (SSSR count). The van der Waals surface area contributed by atoms with Crippen LogP contribution in [0, 0.1) is 3.57 Å². The van der Waals surface area contributed by atoms with Crippen LogP contribution in [-0.4, -0.2) is 13.8 Å². The monoisotopic (exact) mass is 380 g/mol. The van der Waals surface area contributed by atoms with Gasteiger partial charge in [-0.3, -0.25) is 0 Å². The predicted molar refractivity (Wildman–Crippen MR) is 78.3 cm³/mol. The van der Waals surface area contributed by atoms with Gasteiger partial charge in [-0.25, -0.2) is 0 Å². The topological polar surface area (TPSA) is 9.23 Å². The number of methoxy groups -OCH3 is 1. The smallest absolute Gasteiger partial charge is 0.379 e. The van der Waals surface area contributed by atoms with E-state index in [1.165, 1.54) is 14.7 Å². The van der Waals surface area contributed by atoms with E-state index in [-0.39, 0.29) is 0 Å². The van der Waals surface area contributed by atoms with E-state index in [4.69, 9.17) is 4.74 Å². The van der Waals surface area contributed by atoms with Crippen LogP contribution in [0.1, 0.15) is 0 Å². The van der Waals surface area contributed by atoms with Crippen LogP contribution in [0.3, 0.4) is 0 Å². The number of rotatable bonds is 2. The summed E-state index contributed by atoms with van der Waals surface area (Å²) in [6.07, 6.45) is 0. The second kappa shape index (κ2) is 8.04. The minimum Gasteiger partial charge on any atom is -0.497 e. The molecule has 0 fully saturated rings. The number of benzene rings is 2. The first kappa shape index (κ1) is 15.8. The third-order valence-corrected chi connectivity index (χ3v) is 2.99. The van der Waals surface area contributed by atoms with Gasteiger partial charge in [0.25, 0.3) is 0 Å². The molecule has 0 unspecified atom stereocenters. The predicted octanol–water partition coefficient (Wildman–Crippen LogP) is 5.15. The first-order valence-electron chi connectivity index (χ1n) is 5.35. The second-order valence-corrected chi connectivity index (χ2v) is 4.73. The summed E-state index contributed by atoms with van der Waals surface area (Å²) in [5.74, 6) is 0.893. The van der Waals surface area contributed by atoms with Crippen LogP contribution >= 0.6 is 22.6 Å². The SMILES string of the molecule is COc1ccc(-c2ccc(I)cc2)cc1.FC(F)F. The number of hydrogen-bond donors (Lipinski definition) is 0. The third kappa shape index (κ3) is 5.96. The van der Waals surface area contributed by atoms with E-state index in [1.807, 2.05) is 12.1 Å². The maximum atomic E-state index is 9.67. The molecule has 0 saturated heterocycles. The Labute approximate surface area is 123 Å².